The molecule has 4 rings (SSSR count). The number of benzene rings is 1. The van der Waals surface area contributed by atoms with E-state index >= 15 is 0 Å². The fourth-order valence-electron chi connectivity index (χ4n) is 3.28. The molecule has 1 aliphatic rings. The molecule has 0 saturated heterocycles. The Morgan fingerprint density at radius 2 is 2.12 bits per heavy atom. The Morgan fingerprint density at radius 3 is 3.00 bits per heavy atom. The number of carbonyl (C=O) groups is 1. The zero-order valence-electron chi connectivity index (χ0n) is 13.6. The number of nitrogens with zero attached hydrogens (tertiary/aromatic N) is 5. The Morgan fingerprint density at radius 1 is 1.29 bits per heavy atom. The van der Waals surface area contributed by atoms with Gasteiger partial charge in [-0.25, -0.2) is 4.98 Å². The van der Waals surface area contributed by atoms with Crippen LogP contribution in [0.25, 0.3) is 11.0 Å². The van der Waals surface area contributed by atoms with Gasteiger partial charge in [0.1, 0.15) is 0 Å². The van der Waals surface area contributed by atoms with Crippen molar-refractivity contribution in [1.82, 2.24) is 24.6 Å². The highest BCUT2D eigenvalue weighted by Crippen LogP contribution is 2.22. The second kappa shape index (κ2) is 6.03. The van der Waals surface area contributed by atoms with Crippen molar-refractivity contribution >= 4 is 16.9 Å². The molecule has 0 fully saturated rings. The van der Waals surface area contributed by atoms with E-state index in [1.165, 1.54) is 0 Å². The van der Waals surface area contributed by atoms with Crippen LogP contribution in [0.1, 0.15) is 17.8 Å². The van der Waals surface area contributed by atoms with Crippen LogP contribution in [0.2, 0.25) is 0 Å². The van der Waals surface area contributed by atoms with Gasteiger partial charge in [-0.05, 0) is 24.6 Å². The van der Waals surface area contributed by atoms with Crippen LogP contribution in [0, 0.1) is 5.92 Å². The predicted octanol–water partition coefficient (Wildman–Crippen LogP) is 2.05. The van der Waals surface area contributed by atoms with Gasteiger partial charge in [0, 0.05) is 37.8 Å². The molecule has 1 aliphatic heterocycles. The third-order valence-electron chi connectivity index (χ3n) is 4.57. The molecular weight excluding hydrogens is 302 g/mol. The second-order valence-electron chi connectivity index (χ2n) is 6.28. The number of fused-ring (bicyclic) bond motifs is 2. The van der Waals surface area contributed by atoms with Crippen molar-refractivity contribution in [3.8, 4) is 0 Å². The first kappa shape index (κ1) is 14.8. The van der Waals surface area contributed by atoms with E-state index < -0.39 is 0 Å². The number of aryl methyl sites for hydroxylation is 1. The van der Waals surface area contributed by atoms with Gasteiger partial charge in [-0.2, -0.15) is 5.10 Å². The van der Waals surface area contributed by atoms with Crippen molar-refractivity contribution in [1.29, 1.82) is 0 Å². The summed E-state index contributed by atoms with van der Waals surface area (Å²) >= 11 is 0. The normalized spacial score (nSPS) is 16.8. The monoisotopic (exact) mass is 321 g/mol. The van der Waals surface area contributed by atoms with Crippen LogP contribution in [-0.4, -0.2) is 37.6 Å². The minimum absolute atomic E-state index is 0.0209. The summed E-state index contributed by atoms with van der Waals surface area (Å²) in [6.07, 6.45) is 5.15. The summed E-state index contributed by atoms with van der Waals surface area (Å²) in [4.78, 5) is 23.5. The SMILES string of the molecule is CN(Cc1cnc2ccccc2n1)C(=O)C1CCn2nccc2C1. The van der Waals surface area contributed by atoms with Gasteiger partial charge in [-0.15, -0.1) is 0 Å². The van der Waals surface area contributed by atoms with Gasteiger partial charge in [0.2, 0.25) is 5.91 Å². The molecule has 2 aromatic heterocycles. The van der Waals surface area contributed by atoms with E-state index in [1.807, 2.05) is 42.1 Å². The average molecular weight is 321 g/mol. The van der Waals surface area contributed by atoms with Crippen molar-refractivity contribution in [2.75, 3.05) is 7.05 Å². The lowest BCUT2D eigenvalue weighted by Crippen LogP contribution is -2.36. The van der Waals surface area contributed by atoms with E-state index in [9.17, 15) is 4.79 Å². The molecule has 122 valence electrons. The summed E-state index contributed by atoms with van der Waals surface area (Å²) in [5.41, 5.74) is 3.68. The predicted molar refractivity (Wildman–Crippen MR) is 90.1 cm³/mol. The average Bonchev–Trinajstić information content (AvgIpc) is 3.08. The largest absolute Gasteiger partial charge is 0.340 e. The summed E-state index contributed by atoms with van der Waals surface area (Å²) < 4.78 is 1.98. The quantitative estimate of drug-likeness (QED) is 0.740. The Bertz CT molecular complexity index is 888. The summed E-state index contributed by atoms with van der Waals surface area (Å²) in [5, 5.41) is 4.27. The Balaban J connectivity index is 1.47. The van der Waals surface area contributed by atoms with Gasteiger partial charge in [-0.3, -0.25) is 14.5 Å². The molecule has 6 heteroatoms. The van der Waals surface area contributed by atoms with Gasteiger partial charge in [0.25, 0.3) is 0 Å². The number of hydrogen-bond donors (Lipinski definition) is 0. The first-order chi connectivity index (χ1) is 11.7. The first-order valence-corrected chi connectivity index (χ1v) is 8.17. The number of para-hydroxylation sites is 2. The Hall–Kier alpha value is -2.76. The zero-order chi connectivity index (χ0) is 16.5. The number of carbonyl (C=O) groups excluding carboxylic acids is 1. The minimum Gasteiger partial charge on any atom is -0.340 e. The molecule has 0 radical (unpaired) electrons. The molecule has 3 heterocycles. The highest BCUT2D eigenvalue weighted by molar-refractivity contribution is 5.79. The second-order valence-corrected chi connectivity index (χ2v) is 6.28. The van der Waals surface area contributed by atoms with Crippen LogP contribution >= 0.6 is 0 Å². The van der Waals surface area contributed by atoms with Crippen LogP contribution in [0.5, 0.6) is 0 Å². The third kappa shape index (κ3) is 2.75. The molecule has 1 amide bonds. The van der Waals surface area contributed by atoms with Crippen molar-refractivity contribution in [3.63, 3.8) is 0 Å². The highest BCUT2D eigenvalue weighted by Gasteiger charge is 2.27. The van der Waals surface area contributed by atoms with Gasteiger partial charge < -0.3 is 4.90 Å². The highest BCUT2D eigenvalue weighted by atomic mass is 16.2. The van der Waals surface area contributed by atoms with Crippen LogP contribution in [0.4, 0.5) is 0 Å². The standard InChI is InChI=1S/C18H19N5O/c1-22(12-14-11-19-16-4-2-3-5-17(16)21-14)18(24)13-7-9-23-15(10-13)6-8-20-23/h2-6,8,11,13H,7,9-10,12H2,1H3. The number of amides is 1. The van der Waals surface area contributed by atoms with E-state index in [0.29, 0.717) is 6.54 Å². The maximum absolute atomic E-state index is 12.7. The molecule has 1 aromatic carbocycles. The lowest BCUT2D eigenvalue weighted by Gasteiger charge is -2.27. The number of aromatic nitrogens is 4. The summed E-state index contributed by atoms with van der Waals surface area (Å²) in [6, 6.07) is 9.76. The molecule has 0 N–H and O–H groups in total. The summed E-state index contributed by atoms with van der Waals surface area (Å²) in [7, 11) is 1.84. The number of rotatable bonds is 3. The first-order valence-electron chi connectivity index (χ1n) is 8.17. The summed E-state index contributed by atoms with van der Waals surface area (Å²) in [5.74, 6) is 0.185. The van der Waals surface area contributed by atoms with Crippen molar-refractivity contribution in [2.24, 2.45) is 5.92 Å². The van der Waals surface area contributed by atoms with Crippen LogP contribution in [-0.2, 0) is 24.3 Å². The van der Waals surface area contributed by atoms with Crippen molar-refractivity contribution < 1.29 is 4.79 Å². The smallest absolute Gasteiger partial charge is 0.226 e. The molecule has 0 spiro atoms. The molecular formula is C18H19N5O. The fraction of sp³-hybridized carbons (Fsp3) is 0.333. The topological polar surface area (TPSA) is 63.9 Å². The zero-order valence-corrected chi connectivity index (χ0v) is 13.6. The molecule has 0 aliphatic carbocycles. The van der Waals surface area contributed by atoms with Gasteiger partial charge in [-0.1, -0.05) is 12.1 Å². The van der Waals surface area contributed by atoms with Crippen molar-refractivity contribution in [3.05, 3.63) is 54.1 Å². The van der Waals surface area contributed by atoms with E-state index in [0.717, 1.165) is 41.8 Å². The van der Waals surface area contributed by atoms with Gasteiger partial charge in [0.15, 0.2) is 0 Å². The molecule has 0 saturated carbocycles. The van der Waals surface area contributed by atoms with E-state index in [4.69, 9.17) is 0 Å². The van der Waals surface area contributed by atoms with E-state index in [2.05, 4.69) is 15.1 Å². The maximum atomic E-state index is 12.7. The number of hydrogen-bond acceptors (Lipinski definition) is 4. The van der Waals surface area contributed by atoms with Crippen LogP contribution in [0.3, 0.4) is 0 Å². The molecule has 1 unspecified atom stereocenters. The van der Waals surface area contributed by atoms with E-state index in [-0.39, 0.29) is 11.8 Å². The molecule has 6 nitrogen and oxygen atoms in total. The molecule has 3 aromatic rings. The molecule has 24 heavy (non-hydrogen) atoms. The van der Waals surface area contributed by atoms with Crippen LogP contribution in [0.15, 0.2) is 42.7 Å². The lowest BCUT2D eigenvalue weighted by molar-refractivity contribution is -0.135. The third-order valence-corrected chi connectivity index (χ3v) is 4.57. The Labute approximate surface area is 140 Å². The van der Waals surface area contributed by atoms with Gasteiger partial charge in [0.05, 0.1) is 29.5 Å². The van der Waals surface area contributed by atoms with Crippen LogP contribution < -0.4 is 0 Å². The van der Waals surface area contributed by atoms with E-state index in [1.54, 1.807) is 17.3 Å². The fourth-order valence-corrected chi connectivity index (χ4v) is 3.28. The molecule has 1 atom stereocenters. The minimum atomic E-state index is 0.0209. The molecule has 0 bridgehead atoms. The maximum Gasteiger partial charge on any atom is 0.226 e. The van der Waals surface area contributed by atoms with Gasteiger partial charge >= 0.3 is 0 Å². The summed E-state index contributed by atoms with van der Waals surface area (Å²) in [6.45, 7) is 1.29. The van der Waals surface area contributed by atoms with Crippen molar-refractivity contribution in [2.45, 2.75) is 25.9 Å². The lowest BCUT2D eigenvalue weighted by atomic mass is 9.95. The Kier molecular flexibility index (Phi) is 3.72.